The summed E-state index contributed by atoms with van der Waals surface area (Å²) in [5, 5.41) is 2.98. The molecule has 0 spiro atoms. The second kappa shape index (κ2) is 13.6. The quantitative estimate of drug-likeness (QED) is 0.318. The Hall–Kier alpha value is -3.84. The zero-order chi connectivity index (χ0) is 26.7. The molecule has 2 amide bonds. The van der Waals surface area contributed by atoms with Crippen LogP contribution in [0.3, 0.4) is 0 Å². The van der Waals surface area contributed by atoms with Gasteiger partial charge in [0.05, 0.1) is 6.61 Å². The van der Waals surface area contributed by atoms with E-state index in [2.05, 4.69) is 12.2 Å². The molecule has 1 fully saturated rings. The third-order valence-corrected chi connectivity index (χ3v) is 6.60. The van der Waals surface area contributed by atoms with Crippen molar-refractivity contribution in [3.63, 3.8) is 0 Å². The standard InChI is InChI=1S/C31H37N3O4/c1-2-20-37-25-15-11-23(12-16-25)21-28-31(36)34(29(30(35)33-28)10-6-7-19-32)22-24-13-17-27(18-14-24)38-26-8-4-3-5-9-26/h3-5,8-9,11-18,28-29H,2,6-7,10,19-22,32H2,1H3,(H,33,35)/t28-,29-/m0/s1. The summed E-state index contributed by atoms with van der Waals surface area (Å²) in [5.74, 6) is 2.09. The van der Waals surface area contributed by atoms with Crippen LogP contribution in [0, 0.1) is 0 Å². The van der Waals surface area contributed by atoms with Crippen molar-refractivity contribution < 1.29 is 19.1 Å². The molecular weight excluding hydrogens is 478 g/mol. The number of carbonyl (C=O) groups excluding carboxylic acids is 2. The van der Waals surface area contributed by atoms with Crippen molar-refractivity contribution in [1.82, 2.24) is 10.2 Å². The molecule has 0 radical (unpaired) electrons. The number of benzene rings is 3. The Morgan fingerprint density at radius 1 is 0.842 bits per heavy atom. The molecule has 200 valence electrons. The van der Waals surface area contributed by atoms with Crippen molar-refractivity contribution in [3.05, 3.63) is 90.0 Å². The first-order valence-corrected chi connectivity index (χ1v) is 13.4. The number of piperazine rings is 1. The fourth-order valence-electron chi connectivity index (χ4n) is 4.58. The molecule has 0 aromatic heterocycles. The van der Waals surface area contributed by atoms with Gasteiger partial charge in [-0.1, -0.05) is 49.4 Å². The Kier molecular flexibility index (Phi) is 9.76. The van der Waals surface area contributed by atoms with Crippen molar-refractivity contribution >= 4 is 11.8 Å². The van der Waals surface area contributed by atoms with Gasteiger partial charge in [-0.2, -0.15) is 0 Å². The van der Waals surface area contributed by atoms with E-state index in [0.29, 0.717) is 38.3 Å². The van der Waals surface area contributed by atoms with Gasteiger partial charge in [0.1, 0.15) is 29.3 Å². The van der Waals surface area contributed by atoms with Crippen LogP contribution in [-0.4, -0.2) is 41.9 Å². The highest BCUT2D eigenvalue weighted by molar-refractivity contribution is 5.97. The largest absolute Gasteiger partial charge is 0.494 e. The van der Waals surface area contributed by atoms with E-state index in [0.717, 1.165) is 41.9 Å². The molecule has 1 heterocycles. The molecule has 2 atom stereocenters. The number of hydrogen-bond donors (Lipinski definition) is 2. The monoisotopic (exact) mass is 515 g/mol. The number of nitrogens with zero attached hydrogens (tertiary/aromatic N) is 1. The summed E-state index contributed by atoms with van der Waals surface area (Å²) in [4.78, 5) is 28.6. The van der Waals surface area contributed by atoms with Crippen molar-refractivity contribution in [2.75, 3.05) is 13.2 Å². The van der Waals surface area contributed by atoms with E-state index >= 15 is 0 Å². The molecule has 4 rings (SSSR count). The molecule has 1 aliphatic heterocycles. The van der Waals surface area contributed by atoms with Gasteiger partial charge < -0.3 is 25.4 Å². The van der Waals surface area contributed by atoms with E-state index in [1.54, 1.807) is 4.90 Å². The predicted octanol–water partition coefficient (Wildman–Crippen LogP) is 4.84. The van der Waals surface area contributed by atoms with Gasteiger partial charge in [0.15, 0.2) is 0 Å². The van der Waals surface area contributed by atoms with Crippen LogP contribution in [-0.2, 0) is 22.6 Å². The molecule has 1 saturated heterocycles. The first-order chi connectivity index (χ1) is 18.6. The lowest BCUT2D eigenvalue weighted by Crippen LogP contribution is -2.63. The van der Waals surface area contributed by atoms with E-state index in [9.17, 15) is 9.59 Å². The lowest BCUT2D eigenvalue weighted by molar-refractivity contribution is -0.150. The summed E-state index contributed by atoms with van der Waals surface area (Å²) in [7, 11) is 0. The van der Waals surface area contributed by atoms with Gasteiger partial charge in [0, 0.05) is 13.0 Å². The van der Waals surface area contributed by atoms with E-state index in [1.165, 1.54) is 0 Å². The molecule has 3 aromatic rings. The molecule has 0 saturated carbocycles. The molecule has 0 unspecified atom stereocenters. The van der Waals surface area contributed by atoms with Crippen LogP contribution in [0.4, 0.5) is 0 Å². The maximum Gasteiger partial charge on any atom is 0.246 e. The molecule has 1 aliphatic rings. The predicted molar refractivity (Wildman–Crippen MR) is 148 cm³/mol. The van der Waals surface area contributed by atoms with Crippen LogP contribution in [0.1, 0.15) is 43.7 Å². The van der Waals surface area contributed by atoms with Gasteiger partial charge in [0.25, 0.3) is 0 Å². The maximum absolute atomic E-state index is 13.7. The number of carbonyl (C=O) groups is 2. The van der Waals surface area contributed by atoms with Crippen LogP contribution >= 0.6 is 0 Å². The van der Waals surface area contributed by atoms with Gasteiger partial charge in [-0.15, -0.1) is 0 Å². The van der Waals surface area contributed by atoms with Crippen molar-refractivity contribution in [1.29, 1.82) is 0 Å². The summed E-state index contributed by atoms with van der Waals surface area (Å²) >= 11 is 0. The van der Waals surface area contributed by atoms with E-state index in [-0.39, 0.29) is 11.8 Å². The van der Waals surface area contributed by atoms with Crippen LogP contribution in [0.25, 0.3) is 0 Å². The molecule has 3 aromatic carbocycles. The number of para-hydroxylation sites is 1. The number of rotatable bonds is 13. The zero-order valence-corrected chi connectivity index (χ0v) is 22.0. The second-order valence-corrected chi connectivity index (χ2v) is 9.58. The molecule has 0 aliphatic carbocycles. The van der Waals surface area contributed by atoms with E-state index in [4.69, 9.17) is 15.2 Å². The van der Waals surface area contributed by atoms with Gasteiger partial charge in [-0.3, -0.25) is 9.59 Å². The van der Waals surface area contributed by atoms with Gasteiger partial charge in [0.2, 0.25) is 11.8 Å². The fraction of sp³-hybridized carbons (Fsp3) is 0.355. The first kappa shape index (κ1) is 27.2. The average molecular weight is 516 g/mol. The summed E-state index contributed by atoms with van der Waals surface area (Å²) in [6.45, 7) is 3.64. The fourth-order valence-corrected chi connectivity index (χ4v) is 4.58. The SMILES string of the molecule is CCCOc1ccc(C[C@@H]2NC(=O)[C@H](CCCCN)N(Cc3ccc(Oc4ccccc4)cc3)C2=O)cc1. The van der Waals surface area contributed by atoms with E-state index < -0.39 is 12.1 Å². The highest BCUT2D eigenvalue weighted by Gasteiger charge is 2.40. The highest BCUT2D eigenvalue weighted by atomic mass is 16.5. The minimum absolute atomic E-state index is 0.0710. The third-order valence-electron chi connectivity index (χ3n) is 6.60. The highest BCUT2D eigenvalue weighted by Crippen LogP contribution is 2.25. The van der Waals surface area contributed by atoms with Crippen LogP contribution in [0.15, 0.2) is 78.9 Å². The number of ether oxygens (including phenoxy) is 2. The van der Waals surface area contributed by atoms with Crippen molar-refractivity contribution in [2.24, 2.45) is 5.73 Å². The van der Waals surface area contributed by atoms with Crippen LogP contribution in [0.5, 0.6) is 17.2 Å². The number of nitrogens with two attached hydrogens (primary N) is 1. The molecular formula is C31H37N3O4. The summed E-state index contributed by atoms with van der Waals surface area (Å²) in [5.41, 5.74) is 7.58. The Morgan fingerprint density at radius 3 is 2.18 bits per heavy atom. The van der Waals surface area contributed by atoms with Gasteiger partial charge in [-0.05, 0) is 79.8 Å². The normalized spacial score (nSPS) is 17.3. The smallest absolute Gasteiger partial charge is 0.246 e. The summed E-state index contributed by atoms with van der Waals surface area (Å²) in [6.07, 6.45) is 3.55. The maximum atomic E-state index is 13.7. The number of nitrogens with one attached hydrogen (secondary N) is 1. The summed E-state index contributed by atoms with van der Waals surface area (Å²) in [6, 6.07) is 23.8. The molecule has 7 heteroatoms. The van der Waals surface area contributed by atoms with Gasteiger partial charge in [-0.25, -0.2) is 0 Å². The minimum Gasteiger partial charge on any atom is -0.494 e. The molecule has 38 heavy (non-hydrogen) atoms. The Bertz CT molecular complexity index is 1170. The lowest BCUT2D eigenvalue weighted by Gasteiger charge is -2.39. The van der Waals surface area contributed by atoms with Crippen molar-refractivity contribution in [3.8, 4) is 17.2 Å². The third kappa shape index (κ3) is 7.35. The van der Waals surface area contributed by atoms with Gasteiger partial charge >= 0.3 is 0 Å². The van der Waals surface area contributed by atoms with Crippen LogP contribution in [0.2, 0.25) is 0 Å². The number of amides is 2. The number of hydrogen-bond acceptors (Lipinski definition) is 5. The van der Waals surface area contributed by atoms with Crippen molar-refractivity contribution in [2.45, 2.75) is 57.7 Å². The minimum atomic E-state index is -0.614. The molecule has 7 nitrogen and oxygen atoms in total. The topological polar surface area (TPSA) is 93.9 Å². The molecule has 3 N–H and O–H groups in total. The molecule has 0 bridgehead atoms. The Labute approximate surface area is 224 Å². The van der Waals surface area contributed by atoms with E-state index in [1.807, 2.05) is 78.9 Å². The van der Waals surface area contributed by atoms with Crippen LogP contribution < -0.4 is 20.5 Å². The Balaban J connectivity index is 1.47. The summed E-state index contributed by atoms with van der Waals surface area (Å²) < 4.78 is 11.6. The lowest BCUT2D eigenvalue weighted by atomic mass is 9.97. The second-order valence-electron chi connectivity index (χ2n) is 9.58. The zero-order valence-electron chi connectivity index (χ0n) is 22.0. The average Bonchev–Trinajstić information content (AvgIpc) is 2.94. The number of unbranched alkanes of at least 4 members (excludes halogenated alkanes) is 1. The Morgan fingerprint density at radius 2 is 1.50 bits per heavy atom. The first-order valence-electron chi connectivity index (χ1n) is 13.4.